The van der Waals surface area contributed by atoms with Gasteiger partial charge in [0.1, 0.15) is 5.69 Å². The van der Waals surface area contributed by atoms with Crippen LogP contribution in [0.5, 0.6) is 0 Å². The minimum absolute atomic E-state index is 0.0412. The summed E-state index contributed by atoms with van der Waals surface area (Å²) in [5.74, 6) is 0.0412. The standard InChI is InChI=1S/C16H19BrN2O/c1-12(2)19-10-6-9-15(19)16(20)18(3)11-13-7-4-5-8-14(13)17/h4-10,12H,11H2,1-3H3. The molecule has 0 saturated carbocycles. The highest BCUT2D eigenvalue weighted by Crippen LogP contribution is 2.19. The van der Waals surface area contributed by atoms with E-state index in [4.69, 9.17) is 0 Å². The van der Waals surface area contributed by atoms with Gasteiger partial charge in [-0.1, -0.05) is 34.1 Å². The maximum atomic E-state index is 12.5. The first kappa shape index (κ1) is 14.9. The fourth-order valence-electron chi connectivity index (χ4n) is 2.17. The summed E-state index contributed by atoms with van der Waals surface area (Å²) < 4.78 is 3.03. The third-order valence-corrected chi connectivity index (χ3v) is 4.04. The van der Waals surface area contributed by atoms with Gasteiger partial charge in [-0.25, -0.2) is 0 Å². The molecule has 0 atom stereocenters. The highest BCUT2D eigenvalue weighted by Gasteiger charge is 2.17. The normalized spacial score (nSPS) is 10.8. The summed E-state index contributed by atoms with van der Waals surface area (Å²) >= 11 is 3.52. The van der Waals surface area contributed by atoms with Crippen LogP contribution in [0.4, 0.5) is 0 Å². The molecular formula is C16H19BrN2O. The summed E-state index contributed by atoms with van der Waals surface area (Å²) in [4.78, 5) is 14.3. The molecule has 1 heterocycles. The van der Waals surface area contributed by atoms with Gasteiger partial charge in [-0.15, -0.1) is 0 Å². The number of amides is 1. The van der Waals surface area contributed by atoms with Crippen LogP contribution in [-0.2, 0) is 6.54 Å². The SMILES string of the molecule is CC(C)n1cccc1C(=O)N(C)Cc1ccccc1Br. The number of aromatic nitrogens is 1. The molecule has 0 aliphatic heterocycles. The van der Waals surface area contributed by atoms with E-state index in [0.717, 1.165) is 15.7 Å². The Kier molecular flexibility index (Phi) is 4.65. The van der Waals surface area contributed by atoms with Crippen LogP contribution in [-0.4, -0.2) is 22.4 Å². The molecule has 0 aliphatic carbocycles. The Hall–Kier alpha value is -1.55. The van der Waals surface area contributed by atoms with Crippen LogP contribution in [0.15, 0.2) is 47.1 Å². The zero-order valence-corrected chi connectivity index (χ0v) is 13.6. The zero-order chi connectivity index (χ0) is 14.7. The molecule has 0 saturated heterocycles. The van der Waals surface area contributed by atoms with E-state index in [1.54, 1.807) is 4.90 Å². The second-order valence-corrected chi connectivity index (χ2v) is 6.00. The summed E-state index contributed by atoms with van der Waals surface area (Å²) in [6.07, 6.45) is 1.95. The first-order valence-electron chi connectivity index (χ1n) is 6.66. The smallest absolute Gasteiger partial charge is 0.270 e. The van der Waals surface area contributed by atoms with Crippen molar-refractivity contribution in [2.45, 2.75) is 26.4 Å². The summed E-state index contributed by atoms with van der Waals surface area (Å²) in [6, 6.07) is 12.0. The molecule has 2 rings (SSSR count). The maximum Gasteiger partial charge on any atom is 0.270 e. The molecule has 4 heteroatoms. The van der Waals surface area contributed by atoms with Crippen molar-refractivity contribution in [1.29, 1.82) is 0 Å². The minimum Gasteiger partial charge on any atom is -0.341 e. The molecule has 0 radical (unpaired) electrons. The number of benzene rings is 1. The predicted molar refractivity (Wildman–Crippen MR) is 84.8 cm³/mol. The minimum atomic E-state index is 0.0412. The molecule has 3 nitrogen and oxygen atoms in total. The number of halogens is 1. The number of nitrogens with zero attached hydrogens (tertiary/aromatic N) is 2. The van der Waals surface area contributed by atoms with Crippen molar-refractivity contribution < 1.29 is 4.79 Å². The van der Waals surface area contributed by atoms with Crippen LogP contribution >= 0.6 is 15.9 Å². The van der Waals surface area contributed by atoms with Crippen molar-refractivity contribution in [3.05, 3.63) is 58.3 Å². The van der Waals surface area contributed by atoms with Gasteiger partial charge in [0.2, 0.25) is 0 Å². The Morgan fingerprint density at radius 2 is 1.95 bits per heavy atom. The quantitative estimate of drug-likeness (QED) is 0.826. The molecule has 0 spiro atoms. The van der Waals surface area contributed by atoms with Crippen LogP contribution in [0.2, 0.25) is 0 Å². The van der Waals surface area contributed by atoms with E-state index in [1.165, 1.54) is 0 Å². The molecule has 0 unspecified atom stereocenters. The van der Waals surface area contributed by atoms with Gasteiger partial charge in [0.15, 0.2) is 0 Å². The predicted octanol–water partition coefficient (Wildman–Crippen LogP) is 4.10. The van der Waals surface area contributed by atoms with Crippen molar-refractivity contribution in [3.63, 3.8) is 0 Å². The lowest BCUT2D eigenvalue weighted by atomic mass is 10.2. The third-order valence-electron chi connectivity index (χ3n) is 3.27. The van der Waals surface area contributed by atoms with Crippen molar-refractivity contribution in [3.8, 4) is 0 Å². The van der Waals surface area contributed by atoms with E-state index in [2.05, 4.69) is 29.8 Å². The van der Waals surface area contributed by atoms with Crippen LogP contribution in [0.1, 0.15) is 35.9 Å². The topological polar surface area (TPSA) is 25.2 Å². The lowest BCUT2D eigenvalue weighted by molar-refractivity contribution is 0.0772. The molecule has 20 heavy (non-hydrogen) atoms. The number of hydrogen-bond donors (Lipinski definition) is 0. The van der Waals surface area contributed by atoms with Gasteiger partial charge in [-0.05, 0) is 37.6 Å². The van der Waals surface area contributed by atoms with Crippen molar-refractivity contribution in [1.82, 2.24) is 9.47 Å². The molecule has 1 aromatic carbocycles. The van der Waals surface area contributed by atoms with Gasteiger partial charge < -0.3 is 9.47 Å². The lowest BCUT2D eigenvalue weighted by Gasteiger charge is -2.20. The molecule has 0 aliphatic rings. The number of carbonyl (C=O) groups is 1. The Balaban J connectivity index is 2.17. The fourth-order valence-corrected chi connectivity index (χ4v) is 2.58. The monoisotopic (exact) mass is 334 g/mol. The Labute approximate surface area is 128 Å². The molecule has 1 amide bonds. The summed E-state index contributed by atoms with van der Waals surface area (Å²) in [7, 11) is 1.83. The molecule has 1 aromatic heterocycles. The van der Waals surface area contributed by atoms with Gasteiger partial charge in [-0.3, -0.25) is 4.79 Å². The Morgan fingerprint density at radius 1 is 1.25 bits per heavy atom. The first-order valence-corrected chi connectivity index (χ1v) is 7.45. The molecule has 0 N–H and O–H groups in total. The van der Waals surface area contributed by atoms with Crippen LogP contribution in [0.25, 0.3) is 0 Å². The van der Waals surface area contributed by atoms with E-state index in [-0.39, 0.29) is 11.9 Å². The molecular weight excluding hydrogens is 316 g/mol. The van der Waals surface area contributed by atoms with Crippen LogP contribution in [0, 0.1) is 0 Å². The fraction of sp³-hybridized carbons (Fsp3) is 0.312. The second-order valence-electron chi connectivity index (χ2n) is 5.15. The Morgan fingerprint density at radius 3 is 2.60 bits per heavy atom. The average Bonchev–Trinajstić information content (AvgIpc) is 2.89. The van der Waals surface area contributed by atoms with E-state index in [9.17, 15) is 4.79 Å². The first-order chi connectivity index (χ1) is 9.50. The van der Waals surface area contributed by atoms with Gasteiger partial charge in [0, 0.05) is 30.3 Å². The summed E-state index contributed by atoms with van der Waals surface area (Å²) in [6.45, 7) is 4.73. The van der Waals surface area contributed by atoms with Gasteiger partial charge in [0.25, 0.3) is 5.91 Å². The third kappa shape index (κ3) is 3.12. The zero-order valence-electron chi connectivity index (χ0n) is 12.0. The molecule has 0 bridgehead atoms. The lowest BCUT2D eigenvalue weighted by Crippen LogP contribution is -2.28. The van der Waals surface area contributed by atoms with E-state index in [1.807, 2.05) is 54.2 Å². The van der Waals surface area contributed by atoms with Crippen LogP contribution < -0.4 is 0 Å². The molecule has 2 aromatic rings. The Bertz CT molecular complexity index is 604. The van der Waals surface area contributed by atoms with Crippen molar-refractivity contribution in [2.75, 3.05) is 7.05 Å². The molecule has 0 fully saturated rings. The van der Waals surface area contributed by atoms with E-state index in [0.29, 0.717) is 6.54 Å². The van der Waals surface area contributed by atoms with E-state index >= 15 is 0 Å². The van der Waals surface area contributed by atoms with Gasteiger partial charge in [-0.2, -0.15) is 0 Å². The summed E-state index contributed by atoms with van der Waals surface area (Å²) in [5.41, 5.74) is 1.83. The largest absolute Gasteiger partial charge is 0.341 e. The van der Waals surface area contributed by atoms with E-state index < -0.39 is 0 Å². The number of hydrogen-bond acceptors (Lipinski definition) is 1. The average molecular weight is 335 g/mol. The van der Waals surface area contributed by atoms with Gasteiger partial charge in [0.05, 0.1) is 0 Å². The second kappa shape index (κ2) is 6.27. The number of rotatable bonds is 4. The van der Waals surface area contributed by atoms with Crippen LogP contribution in [0.3, 0.4) is 0 Å². The molecule has 106 valence electrons. The summed E-state index contributed by atoms with van der Waals surface area (Å²) in [5, 5.41) is 0. The van der Waals surface area contributed by atoms with Crippen molar-refractivity contribution in [2.24, 2.45) is 0 Å². The highest BCUT2D eigenvalue weighted by atomic mass is 79.9. The highest BCUT2D eigenvalue weighted by molar-refractivity contribution is 9.10. The maximum absolute atomic E-state index is 12.5. The number of carbonyl (C=O) groups excluding carboxylic acids is 1. The van der Waals surface area contributed by atoms with Crippen molar-refractivity contribution >= 4 is 21.8 Å². The van der Waals surface area contributed by atoms with Gasteiger partial charge >= 0.3 is 0 Å².